The summed E-state index contributed by atoms with van der Waals surface area (Å²) in [6.07, 6.45) is 2.50. The van der Waals surface area contributed by atoms with Gasteiger partial charge in [-0.05, 0) is 49.4 Å². The SMILES string of the molecule is NC(=O)C1CCCN1CCCN(C(=O)c1cccs1)c1nc(-c2cc3ccccc3o2)cs1. The third kappa shape index (κ3) is 4.57. The Morgan fingerprint density at radius 3 is 2.88 bits per heavy atom. The molecular weight excluding hydrogens is 456 g/mol. The largest absolute Gasteiger partial charge is 0.454 e. The fraction of sp³-hybridized carbons (Fsp3) is 0.292. The Morgan fingerprint density at radius 2 is 2.09 bits per heavy atom. The first-order chi connectivity index (χ1) is 16.1. The Morgan fingerprint density at radius 1 is 1.21 bits per heavy atom. The van der Waals surface area contributed by atoms with Crippen LogP contribution in [0.1, 0.15) is 28.9 Å². The van der Waals surface area contributed by atoms with Crippen LogP contribution in [0.2, 0.25) is 0 Å². The molecule has 170 valence electrons. The van der Waals surface area contributed by atoms with Crippen molar-refractivity contribution in [1.29, 1.82) is 0 Å². The van der Waals surface area contributed by atoms with Crippen LogP contribution in [0.5, 0.6) is 0 Å². The van der Waals surface area contributed by atoms with Crippen molar-refractivity contribution < 1.29 is 14.0 Å². The Hall–Kier alpha value is -3.01. The molecule has 0 bridgehead atoms. The number of fused-ring (bicyclic) bond motifs is 1. The predicted molar refractivity (Wildman–Crippen MR) is 132 cm³/mol. The first-order valence-corrected chi connectivity index (χ1v) is 12.7. The van der Waals surface area contributed by atoms with E-state index in [0.717, 1.165) is 36.8 Å². The highest BCUT2D eigenvalue weighted by Gasteiger charge is 2.29. The van der Waals surface area contributed by atoms with E-state index in [1.165, 1.54) is 22.7 Å². The second kappa shape index (κ2) is 9.46. The summed E-state index contributed by atoms with van der Waals surface area (Å²) in [6, 6.07) is 13.3. The zero-order valence-electron chi connectivity index (χ0n) is 18.0. The molecule has 5 rings (SSSR count). The number of benzene rings is 1. The number of nitrogens with two attached hydrogens (primary N) is 1. The summed E-state index contributed by atoms with van der Waals surface area (Å²) in [7, 11) is 0. The Kier molecular flexibility index (Phi) is 6.26. The van der Waals surface area contributed by atoms with Crippen molar-refractivity contribution in [2.75, 3.05) is 24.5 Å². The number of amides is 2. The van der Waals surface area contributed by atoms with E-state index in [9.17, 15) is 9.59 Å². The van der Waals surface area contributed by atoms with Gasteiger partial charge in [0, 0.05) is 23.9 Å². The molecule has 3 aromatic heterocycles. The maximum Gasteiger partial charge on any atom is 0.270 e. The lowest BCUT2D eigenvalue weighted by Gasteiger charge is -2.24. The molecule has 9 heteroatoms. The Balaban J connectivity index is 1.35. The molecule has 0 aliphatic carbocycles. The number of likely N-dealkylation sites (tertiary alicyclic amines) is 1. The third-order valence-corrected chi connectivity index (χ3v) is 7.62. The number of rotatable bonds is 8. The number of hydrogen-bond donors (Lipinski definition) is 1. The predicted octanol–water partition coefficient (Wildman–Crippen LogP) is 4.60. The van der Waals surface area contributed by atoms with Crippen LogP contribution in [0.3, 0.4) is 0 Å². The van der Waals surface area contributed by atoms with Gasteiger partial charge in [-0.3, -0.25) is 19.4 Å². The minimum atomic E-state index is -0.269. The van der Waals surface area contributed by atoms with E-state index in [1.807, 2.05) is 53.2 Å². The second-order valence-electron chi connectivity index (χ2n) is 8.05. The highest BCUT2D eigenvalue weighted by molar-refractivity contribution is 7.14. The second-order valence-corrected chi connectivity index (χ2v) is 9.83. The molecule has 1 aromatic carbocycles. The van der Waals surface area contributed by atoms with Gasteiger partial charge >= 0.3 is 0 Å². The van der Waals surface area contributed by atoms with Crippen molar-refractivity contribution >= 4 is 50.6 Å². The molecule has 1 atom stereocenters. The summed E-state index contributed by atoms with van der Waals surface area (Å²) in [6.45, 7) is 2.08. The molecule has 1 unspecified atom stereocenters. The normalized spacial score (nSPS) is 16.4. The van der Waals surface area contributed by atoms with Crippen LogP contribution in [0.4, 0.5) is 5.13 Å². The number of para-hydroxylation sites is 1. The Labute approximate surface area is 199 Å². The van der Waals surface area contributed by atoms with Gasteiger partial charge in [0.05, 0.1) is 10.9 Å². The molecule has 1 saturated heterocycles. The van der Waals surface area contributed by atoms with Crippen LogP contribution < -0.4 is 10.6 Å². The van der Waals surface area contributed by atoms with E-state index in [1.54, 1.807) is 4.90 Å². The van der Waals surface area contributed by atoms with Crippen LogP contribution in [-0.4, -0.2) is 47.4 Å². The smallest absolute Gasteiger partial charge is 0.270 e. The minimum Gasteiger partial charge on any atom is -0.454 e. The fourth-order valence-electron chi connectivity index (χ4n) is 4.27. The van der Waals surface area contributed by atoms with E-state index in [0.29, 0.717) is 34.6 Å². The number of anilines is 1. The average Bonchev–Trinajstić information content (AvgIpc) is 3.62. The summed E-state index contributed by atoms with van der Waals surface area (Å²) >= 11 is 2.85. The lowest BCUT2D eigenvalue weighted by molar-refractivity contribution is -0.122. The van der Waals surface area contributed by atoms with Gasteiger partial charge in [0.25, 0.3) is 5.91 Å². The molecule has 1 aliphatic rings. The summed E-state index contributed by atoms with van der Waals surface area (Å²) in [5, 5.41) is 5.47. The topological polar surface area (TPSA) is 92.7 Å². The van der Waals surface area contributed by atoms with Gasteiger partial charge in [-0.15, -0.1) is 22.7 Å². The van der Waals surface area contributed by atoms with Crippen molar-refractivity contribution in [2.24, 2.45) is 5.73 Å². The van der Waals surface area contributed by atoms with Crippen LogP contribution in [0.25, 0.3) is 22.4 Å². The van der Waals surface area contributed by atoms with Gasteiger partial charge in [-0.1, -0.05) is 24.3 Å². The number of thiazole rings is 1. The van der Waals surface area contributed by atoms with Gasteiger partial charge in [-0.2, -0.15) is 0 Å². The van der Waals surface area contributed by atoms with Crippen molar-refractivity contribution in [2.45, 2.75) is 25.3 Å². The fourth-order valence-corrected chi connectivity index (χ4v) is 5.79. The van der Waals surface area contributed by atoms with Crippen molar-refractivity contribution in [1.82, 2.24) is 9.88 Å². The molecule has 33 heavy (non-hydrogen) atoms. The van der Waals surface area contributed by atoms with Crippen LogP contribution in [0, 0.1) is 0 Å². The molecular formula is C24H24N4O3S2. The quantitative estimate of drug-likeness (QED) is 0.398. The molecule has 0 spiro atoms. The van der Waals surface area contributed by atoms with E-state index < -0.39 is 0 Å². The summed E-state index contributed by atoms with van der Waals surface area (Å²) in [5.74, 6) is 0.349. The first kappa shape index (κ1) is 21.8. The summed E-state index contributed by atoms with van der Waals surface area (Å²) in [5.41, 5.74) is 7.07. The number of hydrogen-bond acceptors (Lipinski definition) is 7. The number of carbonyl (C=O) groups excluding carboxylic acids is 2. The number of primary amides is 1. The van der Waals surface area contributed by atoms with Crippen LogP contribution >= 0.6 is 22.7 Å². The maximum absolute atomic E-state index is 13.3. The van der Waals surface area contributed by atoms with E-state index >= 15 is 0 Å². The number of furan rings is 1. The summed E-state index contributed by atoms with van der Waals surface area (Å²) in [4.78, 5) is 34.3. The van der Waals surface area contributed by atoms with Gasteiger partial charge in [0.15, 0.2) is 10.9 Å². The maximum atomic E-state index is 13.3. The zero-order chi connectivity index (χ0) is 22.8. The van der Waals surface area contributed by atoms with Crippen molar-refractivity contribution in [3.63, 3.8) is 0 Å². The number of nitrogens with zero attached hydrogens (tertiary/aromatic N) is 3. The molecule has 4 heterocycles. The lowest BCUT2D eigenvalue weighted by Crippen LogP contribution is -2.42. The number of carbonyl (C=O) groups is 2. The van der Waals surface area contributed by atoms with E-state index in [4.69, 9.17) is 15.1 Å². The van der Waals surface area contributed by atoms with Gasteiger partial charge in [0.2, 0.25) is 5.91 Å². The highest BCUT2D eigenvalue weighted by Crippen LogP contribution is 2.32. The molecule has 0 saturated carbocycles. The zero-order valence-corrected chi connectivity index (χ0v) is 19.6. The van der Waals surface area contributed by atoms with Crippen molar-refractivity contribution in [3.05, 3.63) is 58.1 Å². The lowest BCUT2D eigenvalue weighted by atomic mass is 10.2. The number of aromatic nitrogens is 1. The molecule has 0 radical (unpaired) electrons. The highest BCUT2D eigenvalue weighted by atomic mass is 32.1. The van der Waals surface area contributed by atoms with Gasteiger partial charge < -0.3 is 10.2 Å². The van der Waals surface area contributed by atoms with Crippen LogP contribution in [0.15, 0.2) is 57.6 Å². The van der Waals surface area contributed by atoms with E-state index in [-0.39, 0.29) is 17.9 Å². The van der Waals surface area contributed by atoms with E-state index in [2.05, 4.69) is 4.90 Å². The molecule has 2 N–H and O–H groups in total. The minimum absolute atomic E-state index is 0.0663. The Bertz CT molecular complexity index is 1230. The molecule has 1 aliphatic heterocycles. The third-order valence-electron chi connectivity index (χ3n) is 5.90. The summed E-state index contributed by atoms with van der Waals surface area (Å²) < 4.78 is 5.96. The number of thiophene rings is 1. The molecule has 4 aromatic rings. The molecule has 2 amide bonds. The first-order valence-electron chi connectivity index (χ1n) is 10.9. The molecule has 1 fully saturated rings. The standard InChI is InChI=1S/C24H24N4O3S2/c25-22(29)18-7-3-10-27(18)11-5-12-28(23(30)21-9-4-13-32-21)24-26-17(15-33-24)20-14-16-6-1-2-8-19(16)31-20/h1-2,4,6,8-9,13-15,18H,3,5,7,10-12H2,(H2,25,29). The van der Waals surface area contributed by atoms with Gasteiger partial charge in [0.1, 0.15) is 11.3 Å². The molecule has 7 nitrogen and oxygen atoms in total. The monoisotopic (exact) mass is 480 g/mol. The van der Waals surface area contributed by atoms with Crippen molar-refractivity contribution in [3.8, 4) is 11.5 Å². The van der Waals surface area contributed by atoms with Gasteiger partial charge in [-0.25, -0.2) is 4.98 Å². The average molecular weight is 481 g/mol. The van der Waals surface area contributed by atoms with Crippen LogP contribution in [-0.2, 0) is 4.79 Å².